The highest BCUT2D eigenvalue weighted by molar-refractivity contribution is 5.97. The predicted molar refractivity (Wildman–Crippen MR) is 111 cm³/mol. The first kappa shape index (κ1) is 19.3. The van der Waals surface area contributed by atoms with Crippen LogP contribution in [0.4, 0.5) is 5.95 Å². The molecule has 8 nitrogen and oxygen atoms in total. The van der Waals surface area contributed by atoms with E-state index in [-0.39, 0.29) is 5.91 Å². The lowest BCUT2D eigenvalue weighted by Gasteiger charge is -2.11. The molecule has 0 radical (unpaired) electrons. The van der Waals surface area contributed by atoms with Crippen LogP contribution >= 0.6 is 0 Å². The molecule has 0 amide bonds. The summed E-state index contributed by atoms with van der Waals surface area (Å²) >= 11 is 0. The third-order valence-corrected chi connectivity index (χ3v) is 4.46. The van der Waals surface area contributed by atoms with Gasteiger partial charge in [-0.25, -0.2) is 0 Å². The molecule has 2 aromatic heterocycles. The Balaban J connectivity index is 1.64. The van der Waals surface area contributed by atoms with Gasteiger partial charge in [0.25, 0.3) is 5.91 Å². The Morgan fingerprint density at radius 2 is 1.83 bits per heavy atom. The van der Waals surface area contributed by atoms with Gasteiger partial charge >= 0.3 is 0 Å². The van der Waals surface area contributed by atoms with Gasteiger partial charge in [0, 0.05) is 12.1 Å². The van der Waals surface area contributed by atoms with Crippen LogP contribution in [0.5, 0.6) is 11.5 Å². The first-order valence-corrected chi connectivity index (χ1v) is 9.25. The maximum absolute atomic E-state index is 13.0. The lowest BCUT2D eigenvalue weighted by Crippen LogP contribution is -2.17. The van der Waals surface area contributed by atoms with Gasteiger partial charge in [0.05, 0.1) is 20.5 Å². The van der Waals surface area contributed by atoms with E-state index in [2.05, 4.69) is 15.4 Å². The van der Waals surface area contributed by atoms with Crippen molar-refractivity contribution >= 4 is 11.9 Å². The van der Waals surface area contributed by atoms with E-state index in [4.69, 9.17) is 13.9 Å². The van der Waals surface area contributed by atoms with Gasteiger partial charge in [-0.15, -0.1) is 5.10 Å². The zero-order valence-corrected chi connectivity index (χ0v) is 16.5. The number of methoxy groups -OCH3 is 2. The number of furan rings is 1. The molecule has 8 heteroatoms. The third kappa shape index (κ3) is 3.88. The van der Waals surface area contributed by atoms with Crippen LogP contribution in [0.1, 0.15) is 15.9 Å². The van der Waals surface area contributed by atoms with Crippen LogP contribution in [-0.2, 0) is 6.54 Å². The summed E-state index contributed by atoms with van der Waals surface area (Å²) in [5, 5.41) is 7.54. The fraction of sp³-hybridized carbons (Fsp3) is 0.136. The summed E-state index contributed by atoms with van der Waals surface area (Å²) in [5.41, 5.74) is 1.43. The van der Waals surface area contributed by atoms with Crippen LogP contribution in [0.25, 0.3) is 11.6 Å². The number of rotatable bonds is 7. The van der Waals surface area contributed by atoms with Gasteiger partial charge in [-0.05, 0) is 42.0 Å². The monoisotopic (exact) mass is 404 g/mol. The molecule has 0 aliphatic rings. The van der Waals surface area contributed by atoms with Crippen LogP contribution in [-0.4, -0.2) is 34.9 Å². The molecule has 0 saturated carbocycles. The minimum Gasteiger partial charge on any atom is -0.493 e. The first-order valence-electron chi connectivity index (χ1n) is 9.25. The molecule has 0 aliphatic heterocycles. The fourth-order valence-electron chi connectivity index (χ4n) is 2.95. The van der Waals surface area contributed by atoms with Crippen molar-refractivity contribution in [3.8, 4) is 23.1 Å². The highest BCUT2D eigenvalue weighted by Gasteiger charge is 2.20. The van der Waals surface area contributed by atoms with Gasteiger partial charge in [0.1, 0.15) is 0 Å². The molecular formula is C22H20N4O4. The van der Waals surface area contributed by atoms with Gasteiger partial charge in [0.15, 0.2) is 17.3 Å². The molecule has 2 aromatic carbocycles. The number of nitrogens with zero attached hydrogens (tertiary/aromatic N) is 3. The Morgan fingerprint density at radius 1 is 1.03 bits per heavy atom. The second-order valence-corrected chi connectivity index (χ2v) is 6.36. The zero-order chi connectivity index (χ0) is 20.9. The quantitative estimate of drug-likeness (QED) is 0.500. The molecule has 4 rings (SSSR count). The first-order chi connectivity index (χ1) is 14.7. The van der Waals surface area contributed by atoms with E-state index < -0.39 is 0 Å². The van der Waals surface area contributed by atoms with Crippen LogP contribution in [0, 0.1) is 0 Å². The Kier molecular flexibility index (Phi) is 5.47. The Hall–Kier alpha value is -4.07. The molecule has 0 atom stereocenters. The lowest BCUT2D eigenvalue weighted by atomic mass is 10.2. The van der Waals surface area contributed by atoms with E-state index in [1.807, 2.05) is 24.3 Å². The molecule has 0 saturated heterocycles. The number of carbonyl (C=O) groups excluding carboxylic acids is 1. The minimum absolute atomic E-state index is 0.296. The van der Waals surface area contributed by atoms with E-state index >= 15 is 0 Å². The van der Waals surface area contributed by atoms with Crippen molar-refractivity contribution in [1.82, 2.24) is 14.8 Å². The van der Waals surface area contributed by atoms with Crippen molar-refractivity contribution in [2.24, 2.45) is 0 Å². The van der Waals surface area contributed by atoms with Crippen molar-refractivity contribution in [3.05, 3.63) is 78.1 Å². The zero-order valence-electron chi connectivity index (χ0n) is 16.5. The number of nitrogens with one attached hydrogen (secondary N) is 1. The van der Waals surface area contributed by atoms with Crippen LogP contribution in [0.2, 0.25) is 0 Å². The van der Waals surface area contributed by atoms with Crippen molar-refractivity contribution in [2.75, 3.05) is 19.5 Å². The smallest absolute Gasteiger partial charge is 0.281 e. The van der Waals surface area contributed by atoms with Crippen LogP contribution < -0.4 is 14.8 Å². The average Bonchev–Trinajstić information content (AvgIpc) is 3.47. The van der Waals surface area contributed by atoms with E-state index in [1.165, 1.54) is 10.9 Å². The molecule has 2 heterocycles. The third-order valence-electron chi connectivity index (χ3n) is 4.46. The second-order valence-electron chi connectivity index (χ2n) is 6.36. The van der Waals surface area contributed by atoms with E-state index in [1.54, 1.807) is 50.6 Å². The Morgan fingerprint density at radius 3 is 2.53 bits per heavy atom. The van der Waals surface area contributed by atoms with Gasteiger partial charge < -0.3 is 19.2 Å². The number of hydrogen-bond donors (Lipinski definition) is 1. The summed E-state index contributed by atoms with van der Waals surface area (Å²) in [6.07, 6.45) is 1.53. The standard InChI is InChI=1S/C22H20N4O4/c1-28-17-11-10-15(13-19(17)29-2)14-23-22-24-20(18-9-6-12-30-18)25-26(22)21(27)16-7-4-3-5-8-16/h3-13H,14H2,1-2H3,(H,23,24,25). The number of benzene rings is 2. The molecule has 0 fully saturated rings. The lowest BCUT2D eigenvalue weighted by molar-refractivity contribution is 0.0947. The van der Waals surface area contributed by atoms with Crippen LogP contribution in [0.15, 0.2) is 71.3 Å². The normalized spacial score (nSPS) is 10.6. The Bertz CT molecular complexity index is 1140. The topological polar surface area (TPSA) is 91.4 Å². The molecule has 30 heavy (non-hydrogen) atoms. The molecule has 0 unspecified atom stereocenters. The van der Waals surface area contributed by atoms with Gasteiger partial charge in [-0.2, -0.15) is 9.67 Å². The molecule has 152 valence electrons. The van der Waals surface area contributed by atoms with E-state index in [0.29, 0.717) is 41.1 Å². The van der Waals surface area contributed by atoms with Crippen LogP contribution in [0.3, 0.4) is 0 Å². The molecule has 0 bridgehead atoms. The highest BCUT2D eigenvalue weighted by Crippen LogP contribution is 2.28. The SMILES string of the molecule is COc1ccc(CNc2nc(-c3ccco3)nn2C(=O)c2ccccc2)cc1OC. The van der Waals surface area contributed by atoms with Gasteiger partial charge in [-0.1, -0.05) is 24.3 Å². The number of anilines is 1. The summed E-state index contributed by atoms with van der Waals surface area (Å²) in [6, 6.07) is 18.0. The van der Waals surface area contributed by atoms with Gasteiger partial charge in [-0.3, -0.25) is 4.79 Å². The molecule has 0 spiro atoms. The van der Waals surface area contributed by atoms with Crippen molar-refractivity contribution in [3.63, 3.8) is 0 Å². The van der Waals surface area contributed by atoms with E-state index in [9.17, 15) is 4.79 Å². The van der Waals surface area contributed by atoms with Gasteiger partial charge in [0.2, 0.25) is 11.8 Å². The molecule has 0 aliphatic carbocycles. The fourth-order valence-corrected chi connectivity index (χ4v) is 2.95. The average molecular weight is 404 g/mol. The number of aromatic nitrogens is 3. The van der Waals surface area contributed by atoms with Crippen molar-refractivity contribution in [1.29, 1.82) is 0 Å². The molecule has 1 N–H and O–H groups in total. The summed E-state index contributed by atoms with van der Waals surface area (Å²) in [4.78, 5) is 17.5. The van der Waals surface area contributed by atoms with Crippen molar-refractivity contribution in [2.45, 2.75) is 6.54 Å². The summed E-state index contributed by atoms with van der Waals surface area (Å²) in [6.45, 7) is 0.402. The summed E-state index contributed by atoms with van der Waals surface area (Å²) in [5.74, 6) is 2.07. The number of ether oxygens (including phenoxy) is 2. The minimum atomic E-state index is -0.296. The summed E-state index contributed by atoms with van der Waals surface area (Å²) in [7, 11) is 3.17. The van der Waals surface area contributed by atoms with E-state index in [0.717, 1.165) is 5.56 Å². The number of carbonyl (C=O) groups is 1. The molecule has 4 aromatic rings. The van der Waals surface area contributed by atoms with Crippen molar-refractivity contribution < 1.29 is 18.7 Å². The summed E-state index contributed by atoms with van der Waals surface area (Å²) < 4.78 is 17.2. The maximum Gasteiger partial charge on any atom is 0.281 e. The largest absolute Gasteiger partial charge is 0.493 e. The Labute approximate surface area is 173 Å². The predicted octanol–water partition coefficient (Wildman–Crippen LogP) is 3.86. The maximum atomic E-state index is 13.0. The number of hydrogen-bond acceptors (Lipinski definition) is 7. The highest BCUT2D eigenvalue weighted by atomic mass is 16.5. The second kappa shape index (κ2) is 8.52. The molecular weight excluding hydrogens is 384 g/mol.